The van der Waals surface area contributed by atoms with E-state index >= 15 is 0 Å². The Bertz CT molecular complexity index is 35.8. The van der Waals surface area contributed by atoms with Crippen molar-refractivity contribution in [2.24, 2.45) is 0 Å². The molecule has 0 aromatic carbocycles. The van der Waals surface area contributed by atoms with Crippen LogP contribution in [0.2, 0.25) is 0 Å². The number of hydrogen-bond acceptors (Lipinski definition) is 2. The summed E-state index contributed by atoms with van der Waals surface area (Å²) < 4.78 is 0. The van der Waals surface area contributed by atoms with E-state index in [2.05, 4.69) is 5.14 Å². The van der Waals surface area contributed by atoms with Crippen molar-refractivity contribution in [3.8, 4) is 5.40 Å². The van der Waals surface area contributed by atoms with Crippen LogP contribution in [0.5, 0.6) is 0 Å². The van der Waals surface area contributed by atoms with Crippen LogP contribution in [0.4, 0.5) is 0 Å². The van der Waals surface area contributed by atoms with E-state index in [0.717, 1.165) is 11.9 Å². The molecule has 0 saturated heterocycles. The first-order valence-electron chi connectivity index (χ1n) is 0.716. The molecular weight excluding hydrogens is 72.1 g/mol. The molecule has 0 aliphatic rings. The van der Waals surface area contributed by atoms with Gasteiger partial charge in [-0.15, -0.1) is 0 Å². The van der Waals surface area contributed by atoms with Gasteiger partial charge in [0.15, 0.2) is 17.3 Å². The molecule has 0 rings (SSSR count). The summed E-state index contributed by atoms with van der Waals surface area (Å²) in [6, 6.07) is 0. The maximum atomic E-state index is 7.53. The molecule has 0 bridgehead atoms. The minimum atomic E-state index is 0.912. The highest BCUT2D eigenvalue weighted by Gasteiger charge is 1.57. The lowest BCUT2D eigenvalue weighted by Gasteiger charge is -1.42. The maximum Gasteiger partial charge on any atom is 0.196 e. The molecule has 3 N–H and O–H groups in total. The van der Waals surface area contributed by atoms with E-state index < -0.39 is 0 Å². The van der Waals surface area contributed by atoms with Gasteiger partial charge >= 0.3 is 0 Å². The average Bonchev–Trinajstić information content (AvgIpc) is 1.37. The number of nitriles is 1. The van der Waals surface area contributed by atoms with Crippen LogP contribution < -0.4 is 5.14 Å². The summed E-state index contributed by atoms with van der Waals surface area (Å²) in [6.45, 7) is 0. The van der Waals surface area contributed by atoms with Crippen LogP contribution in [0.1, 0.15) is 0 Å². The summed E-state index contributed by atoms with van der Waals surface area (Å²) in [5.74, 6) is 0. The zero-order valence-electron chi connectivity index (χ0n) is 2.06. The van der Waals surface area contributed by atoms with Crippen LogP contribution >= 0.6 is 11.9 Å². The van der Waals surface area contributed by atoms with Crippen LogP contribution in [0, 0.1) is 10.7 Å². The number of thiocyanates is 1. The predicted molar refractivity (Wildman–Crippen MR) is 16.1 cm³/mol. The summed E-state index contributed by atoms with van der Waals surface area (Å²) in [7, 11) is 0. The van der Waals surface area contributed by atoms with E-state index in [1.165, 1.54) is 0 Å². The van der Waals surface area contributed by atoms with Gasteiger partial charge in [0.2, 0.25) is 0 Å². The van der Waals surface area contributed by atoms with E-state index in [1.807, 2.05) is 0 Å². The second-order valence-electron chi connectivity index (χ2n) is 0.236. The van der Waals surface area contributed by atoms with Gasteiger partial charge in [-0.25, -0.2) is 0 Å². The first-order valence-corrected chi connectivity index (χ1v) is 1.70. The maximum absolute atomic E-state index is 7.53. The van der Waals surface area contributed by atoms with Crippen LogP contribution in [0.25, 0.3) is 0 Å². The first-order chi connectivity index (χ1) is 1.91. The molecule has 0 aromatic rings. The van der Waals surface area contributed by atoms with Crippen molar-refractivity contribution in [3.63, 3.8) is 0 Å². The largest absolute Gasteiger partial charge is 0.283 e. The Morgan fingerprint density at radius 1 is 2.00 bits per heavy atom. The summed E-state index contributed by atoms with van der Waals surface area (Å²) in [4.78, 5) is 0. The van der Waals surface area contributed by atoms with Crippen molar-refractivity contribution in [3.05, 3.63) is 0 Å². The Morgan fingerprint density at radius 2 is 2.25 bits per heavy atom. The van der Waals surface area contributed by atoms with Crippen molar-refractivity contribution in [2.45, 2.75) is 0 Å². The third-order valence-corrected chi connectivity index (χ3v) is 0.194. The minimum Gasteiger partial charge on any atom is -0.283 e. The van der Waals surface area contributed by atoms with Crippen molar-refractivity contribution >= 4 is 11.9 Å². The topological polar surface area (TPSA) is 51.4 Å². The highest BCUT2D eigenvalue weighted by atomic mass is 32.2. The molecule has 0 amide bonds. The molecule has 0 aliphatic carbocycles. The number of nitrogens with zero attached hydrogens (tertiary/aromatic N) is 1. The quantitative estimate of drug-likeness (QED) is 0.307. The zero-order chi connectivity index (χ0) is 3.41. The summed E-state index contributed by atoms with van der Waals surface area (Å²) in [5, 5.41) is 12.4. The van der Waals surface area contributed by atoms with Crippen molar-refractivity contribution < 1.29 is 5.14 Å². The smallest absolute Gasteiger partial charge is 0.196 e. The Morgan fingerprint density at radius 3 is 2.25 bits per heavy atom. The molecule has 0 heterocycles. The third-order valence-electron chi connectivity index (χ3n) is 0.0645. The Kier molecular flexibility index (Phi) is 2.66. The molecule has 2 nitrogen and oxygen atoms in total. The van der Waals surface area contributed by atoms with Gasteiger partial charge < -0.3 is 0 Å². The van der Waals surface area contributed by atoms with Gasteiger partial charge in [-0.2, -0.15) is 5.26 Å². The standard InChI is InChI=1S/CH2N2S/c2-1-4-3/h3H2/p+1. The van der Waals surface area contributed by atoms with Crippen LogP contribution in [0.15, 0.2) is 0 Å². The van der Waals surface area contributed by atoms with Crippen LogP contribution in [-0.4, -0.2) is 0 Å². The highest BCUT2D eigenvalue weighted by molar-refractivity contribution is 7.97. The Balaban J connectivity index is 2.43. The summed E-state index contributed by atoms with van der Waals surface area (Å²) >= 11 is 0.912. The molecule has 0 spiro atoms. The lowest BCUT2D eigenvalue weighted by Crippen LogP contribution is -2.34. The second kappa shape index (κ2) is 2.80. The van der Waals surface area contributed by atoms with E-state index in [9.17, 15) is 0 Å². The fourth-order valence-corrected chi connectivity index (χ4v) is 0. The van der Waals surface area contributed by atoms with Gasteiger partial charge in [-0.1, -0.05) is 0 Å². The number of rotatable bonds is 0. The lowest BCUT2D eigenvalue weighted by atomic mass is 11.8. The van der Waals surface area contributed by atoms with Gasteiger partial charge in [-0.05, 0) is 0 Å². The SMILES string of the molecule is N#CS[NH3+]. The second-order valence-corrected chi connectivity index (χ2v) is 0.707. The van der Waals surface area contributed by atoms with Gasteiger partial charge in [0.25, 0.3) is 0 Å². The molecule has 0 fully saturated rings. The Labute approximate surface area is 28.7 Å². The van der Waals surface area contributed by atoms with Crippen molar-refractivity contribution in [1.29, 1.82) is 5.26 Å². The molecule has 0 unspecified atom stereocenters. The third kappa shape index (κ3) is 1.80. The summed E-state index contributed by atoms with van der Waals surface area (Å²) in [6.07, 6.45) is 0. The molecule has 3 heteroatoms. The van der Waals surface area contributed by atoms with Crippen molar-refractivity contribution in [2.75, 3.05) is 0 Å². The van der Waals surface area contributed by atoms with Gasteiger partial charge in [0, 0.05) is 0 Å². The van der Waals surface area contributed by atoms with E-state index in [1.54, 1.807) is 5.40 Å². The number of quaternary nitrogens is 1. The van der Waals surface area contributed by atoms with Gasteiger partial charge in [-0.3, -0.25) is 5.14 Å². The molecule has 0 radical (unpaired) electrons. The van der Waals surface area contributed by atoms with Crippen molar-refractivity contribution in [1.82, 2.24) is 0 Å². The highest BCUT2D eigenvalue weighted by Crippen LogP contribution is 1.63. The zero-order valence-corrected chi connectivity index (χ0v) is 2.88. The van der Waals surface area contributed by atoms with E-state index in [0.29, 0.717) is 0 Å². The predicted octanol–water partition coefficient (Wildman–Crippen LogP) is -0.642. The molecule has 0 atom stereocenters. The van der Waals surface area contributed by atoms with Crippen LogP contribution in [-0.2, 0) is 0 Å². The molecule has 22 valence electrons. The normalized spacial score (nSPS) is 5.00. The fraction of sp³-hybridized carbons (Fsp3) is 0. The molecule has 0 saturated carbocycles. The van der Waals surface area contributed by atoms with Gasteiger partial charge in [0.05, 0.1) is 0 Å². The fourth-order valence-electron chi connectivity index (χ4n) is 0. The molecule has 0 aromatic heterocycles. The van der Waals surface area contributed by atoms with Crippen LogP contribution in [0.3, 0.4) is 0 Å². The number of hydrogen-bond donors (Lipinski definition) is 1. The first kappa shape index (κ1) is 3.80. The van der Waals surface area contributed by atoms with E-state index in [-0.39, 0.29) is 0 Å². The minimum absolute atomic E-state index is 0.912. The average molecular weight is 75.1 g/mol. The summed E-state index contributed by atoms with van der Waals surface area (Å²) in [5.41, 5.74) is 0. The monoisotopic (exact) mass is 75.0 g/mol. The molecular formula is CH3N2S+. The molecule has 4 heavy (non-hydrogen) atoms. The lowest BCUT2D eigenvalue weighted by molar-refractivity contribution is -0.134. The van der Waals surface area contributed by atoms with E-state index in [4.69, 9.17) is 5.26 Å². The Hall–Kier alpha value is -0.200. The molecule has 0 aliphatic heterocycles. The van der Waals surface area contributed by atoms with Gasteiger partial charge in [0.1, 0.15) is 0 Å².